The van der Waals surface area contributed by atoms with Crippen molar-refractivity contribution in [3.8, 4) is 0 Å². The van der Waals surface area contributed by atoms with Gasteiger partial charge >= 0.3 is 5.97 Å². The molecule has 3 N–H and O–H groups in total. The van der Waals surface area contributed by atoms with Crippen molar-refractivity contribution < 1.29 is 20.1 Å². The van der Waals surface area contributed by atoms with Gasteiger partial charge in [0.2, 0.25) is 0 Å². The predicted octanol–water partition coefficient (Wildman–Crippen LogP) is 1.26. The van der Waals surface area contributed by atoms with Crippen molar-refractivity contribution in [2.75, 3.05) is 13.2 Å². The molecule has 0 saturated carbocycles. The summed E-state index contributed by atoms with van der Waals surface area (Å²) in [6, 6.07) is 0. The number of aliphatic carboxylic acids is 1. The van der Waals surface area contributed by atoms with Crippen LogP contribution in [0.1, 0.15) is 40.0 Å². The monoisotopic (exact) mass is 206 g/mol. The minimum absolute atomic E-state index is 0.0451. The molecule has 86 valence electrons. The van der Waals surface area contributed by atoms with Crippen LogP contribution in [0.2, 0.25) is 0 Å². The van der Waals surface area contributed by atoms with Crippen LogP contribution in [0.3, 0.4) is 0 Å². The number of aliphatic hydroxyl groups is 2. The Kier molecular flexibility index (Phi) is 10.1. The summed E-state index contributed by atoms with van der Waals surface area (Å²) in [5, 5.41) is 24.9. The second-order valence-electron chi connectivity index (χ2n) is 3.98. The number of unbranched alkanes of at least 4 members (excludes halogenated alkanes) is 1. The molecule has 0 unspecified atom stereocenters. The molecule has 0 atom stereocenters. The van der Waals surface area contributed by atoms with Gasteiger partial charge in [0.25, 0.3) is 0 Å². The maximum Gasteiger partial charge on any atom is 0.303 e. The van der Waals surface area contributed by atoms with Crippen molar-refractivity contribution >= 4 is 5.97 Å². The summed E-state index contributed by atoms with van der Waals surface area (Å²) >= 11 is 0. The van der Waals surface area contributed by atoms with Gasteiger partial charge in [-0.3, -0.25) is 4.79 Å². The van der Waals surface area contributed by atoms with Gasteiger partial charge in [0.1, 0.15) is 0 Å². The van der Waals surface area contributed by atoms with Gasteiger partial charge in [-0.15, -0.1) is 0 Å². The van der Waals surface area contributed by atoms with E-state index in [4.69, 9.17) is 15.3 Å². The predicted molar refractivity (Wildman–Crippen MR) is 55.1 cm³/mol. The second kappa shape index (κ2) is 8.97. The first kappa shape index (κ1) is 15.8. The zero-order valence-corrected chi connectivity index (χ0v) is 9.29. The number of carbonyl (C=O) groups is 1. The molecule has 0 fully saturated rings. The van der Waals surface area contributed by atoms with Gasteiger partial charge in [-0.05, 0) is 6.42 Å². The Morgan fingerprint density at radius 2 is 1.64 bits per heavy atom. The van der Waals surface area contributed by atoms with Crippen molar-refractivity contribution in [3.05, 3.63) is 0 Å². The van der Waals surface area contributed by atoms with Crippen LogP contribution in [0, 0.1) is 5.41 Å². The Hall–Kier alpha value is -0.610. The summed E-state index contributed by atoms with van der Waals surface area (Å²) in [6.45, 7) is 5.66. The Balaban J connectivity index is 0. The molecule has 0 rings (SSSR count). The van der Waals surface area contributed by atoms with Crippen molar-refractivity contribution in [2.45, 2.75) is 40.0 Å². The second-order valence-corrected chi connectivity index (χ2v) is 3.98. The smallest absolute Gasteiger partial charge is 0.303 e. The molecule has 0 heterocycles. The summed E-state index contributed by atoms with van der Waals surface area (Å²) in [5.74, 6) is -0.693. The van der Waals surface area contributed by atoms with Gasteiger partial charge in [0, 0.05) is 11.8 Å². The lowest BCUT2D eigenvalue weighted by Gasteiger charge is -2.16. The molecular formula is C10H22O4. The number of aliphatic hydroxyl groups excluding tert-OH is 2. The molecule has 0 saturated heterocycles. The Bertz CT molecular complexity index is 137. The minimum atomic E-state index is -0.693. The summed E-state index contributed by atoms with van der Waals surface area (Å²) < 4.78 is 0. The van der Waals surface area contributed by atoms with Crippen molar-refractivity contribution in [3.63, 3.8) is 0 Å². The standard InChI is InChI=1S/C5H12O2.C5H10O2/c1-5(2,3-6)4-7;1-2-3-4-5(6)7/h6-7H,3-4H2,1-2H3;2-4H2,1H3,(H,6,7). The number of rotatable bonds is 5. The van der Waals surface area contributed by atoms with Gasteiger partial charge < -0.3 is 15.3 Å². The SMILES string of the molecule is CC(C)(CO)CO.CCCCC(=O)O. The van der Waals surface area contributed by atoms with E-state index in [-0.39, 0.29) is 18.6 Å². The van der Waals surface area contributed by atoms with E-state index in [1.54, 1.807) is 13.8 Å². The first-order valence-electron chi connectivity index (χ1n) is 4.83. The average Bonchev–Trinajstić information content (AvgIpc) is 2.15. The van der Waals surface area contributed by atoms with Gasteiger partial charge in [-0.25, -0.2) is 0 Å². The van der Waals surface area contributed by atoms with E-state index in [2.05, 4.69) is 0 Å². The number of hydrogen-bond acceptors (Lipinski definition) is 3. The van der Waals surface area contributed by atoms with E-state index < -0.39 is 5.97 Å². The highest BCUT2D eigenvalue weighted by Crippen LogP contribution is 2.10. The molecule has 0 aliphatic rings. The van der Waals surface area contributed by atoms with Crippen LogP contribution in [-0.4, -0.2) is 34.5 Å². The van der Waals surface area contributed by atoms with Crippen LogP contribution in [0.4, 0.5) is 0 Å². The molecule has 0 aliphatic carbocycles. The van der Waals surface area contributed by atoms with Crippen LogP contribution >= 0.6 is 0 Å². The molecule has 4 heteroatoms. The Morgan fingerprint density at radius 1 is 1.21 bits per heavy atom. The van der Waals surface area contributed by atoms with E-state index in [9.17, 15) is 4.79 Å². The largest absolute Gasteiger partial charge is 0.481 e. The molecular weight excluding hydrogens is 184 g/mol. The molecule has 0 aromatic rings. The highest BCUT2D eigenvalue weighted by molar-refractivity contribution is 5.66. The zero-order valence-electron chi connectivity index (χ0n) is 9.29. The van der Waals surface area contributed by atoms with Gasteiger partial charge in [-0.1, -0.05) is 27.2 Å². The van der Waals surface area contributed by atoms with Gasteiger partial charge in [0.05, 0.1) is 13.2 Å². The lowest BCUT2D eigenvalue weighted by molar-refractivity contribution is -0.137. The third kappa shape index (κ3) is 13.9. The van der Waals surface area contributed by atoms with E-state index in [1.165, 1.54) is 0 Å². The van der Waals surface area contributed by atoms with Crippen LogP contribution in [0.15, 0.2) is 0 Å². The number of carboxylic acids is 1. The van der Waals surface area contributed by atoms with Crippen LogP contribution < -0.4 is 0 Å². The van der Waals surface area contributed by atoms with Crippen molar-refractivity contribution in [2.24, 2.45) is 5.41 Å². The Morgan fingerprint density at radius 3 is 1.71 bits per heavy atom. The molecule has 0 aliphatic heterocycles. The molecule has 0 aromatic carbocycles. The molecule has 0 bridgehead atoms. The summed E-state index contributed by atoms with van der Waals surface area (Å²) in [6.07, 6.45) is 2.08. The maximum atomic E-state index is 9.76. The average molecular weight is 206 g/mol. The van der Waals surface area contributed by atoms with Crippen molar-refractivity contribution in [1.82, 2.24) is 0 Å². The molecule has 0 spiro atoms. The lowest BCUT2D eigenvalue weighted by atomic mass is 9.97. The van der Waals surface area contributed by atoms with E-state index in [0.29, 0.717) is 6.42 Å². The molecule has 0 aromatic heterocycles. The fourth-order valence-corrected chi connectivity index (χ4v) is 0.378. The van der Waals surface area contributed by atoms with E-state index in [1.807, 2.05) is 6.92 Å². The highest BCUT2D eigenvalue weighted by atomic mass is 16.4. The number of hydrogen-bond donors (Lipinski definition) is 3. The van der Waals surface area contributed by atoms with Crippen LogP contribution in [0.5, 0.6) is 0 Å². The molecule has 0 radical (unpaired) electrons. The molecule has 14 heavy (non-hydrogen) atoms. The third-order valence-electron chi connectivity index (χ3n) is 1.60. The Labute approximate surface area is 85.6 Å². The lowest BCUT2D eigenvalue weighted by Crippen LogP contribution is -2.20. The number of carboxylic acid groups (broad SMARTS) is 1. The molecule has 4 nitrogen and oxygen atoms in total. The van der Waals surface area contributed by atoms with Crippen molar-refractivity contribution in [1.29, 1.82) is 0 Å². The highest BCUT2D eigenvalue weighted by Gasteiger charge is 2.13. The summed E-state index contributed by atoms with van der Waals surface area (Å²) in [7, 11) is 0. The first-order valence-corrected chi connectivity index (χ1v) is 4.83. The summed E-state index contributed by atoms with van der Waals surface area (Å²) in [5.41, 5.74) is -0.306. The fourth-order valence-electron chi connectivity index (χ4n) is 0.378. The summed E-state index contributed by atoms with van der Waals surface area (Å²) in [4.78, 5) is 9.76. The first-order chi connectivity index (χ1) is 6.39. The topological polar surface area (TPSA) is 77.8 Å². The zero-order chi connectivity index (χ0) is 11.6. The third-order valence-corrected chi connectivity index (χ3v) is 1.60. The van der Waals surface area contributed by atoms with E-state index >= 15 is 0 Å². The maximum absolute atomic E-state index is 9.76. The molecule has 0 amide bonds. The fraction of sp³-hybridized carbons (Fsp3) is 0.900. The van der Waals surface area contributed by atoms with Crippen LogP contribution in [0.25, 0.3) is 0 Å². The quantitative estimate of drug-likeness (QED) is 0.632. The van der Waals surface area contributed by atoms with Gasteiger partial charge in [0.15, 0.2) is 0 Å². The van der Waals surface area contributed by atoms with Crippen LogP contribution in [-0.2, 0) is 4.79 Å². The minimum Gasteiger partial charge on any atom is -0.481 e. The normalized spacial score (nSPS) is 10.4. The van der Waals surface area contributed by atoms with E-state index in [0.717, 1.165) is 12.8 Å². The van der Waals surface area contributed by atoms with Gasteiger partial charge in [-0.2, -0.15) is 0 Å².